The summed E-state index contributed by atoms with van der Waals surface area (Å²) in [6, 6.07) is 5.40. The number of nitrogens with zero attached hydrogens (tertiary/aromatic N) is 3. The van der Waals surface area contributed by atoms with Gasteiger partial charge in [0.1, 0.15) is 11.5 Å². The first-order valence-electron chi connectivity index (χ1n) is 8.32. The van der Waals surface area contributed by atoms with Crippen LogP contribution in [0.15, 0.2) is 40.4 Å². The molecule has 0 saturated heterocycles. The average Bonchev–Trinajstić information content (AvgIpc) is 2.65. The minimum Gasteiger partial charge on any atom is -0.459 e. The fourth-order valence-electron chi connectivity index (χ4n) is 3.12. The summed E-state index contributed by atoms with van der Waals surface area (Å²) in [4.78, 5) is 12.2. The number of hydrogen-bond donors (Lipinski definition) is 2. The molecule has 0 spiro atoms. The van der Waals surface area contributed by atoms with E-state index in [2.05, 4.69) is 25.0 Å². The number of aromatic nitrogens is 1. The summed E-state index contributed by atoms with van der Waals surface area (Å²) < 4.78 is 48.6. The average molecular weight is 410 g/mol. The first-order valence-corrected chi connectivity index (χ1v) is 8.70. The number of ether oxygens (including phenoxy) is 1. The molecule has 2 aliphatic heterocycles. The minimum absolute atomic E-state index is 0.167. The number of nitrogens with one attached hydrogen (secondary N) is 1. The molecular weight excluding hydrogens is 395 g/mol. The molecule has 3 N–H and O–H groups in total. The lowest BCUT2D eigenvalue weighted by atomic mass is 9.84. The first kappa shape index (κ1) is 18.5. The summed E-state index contributed by atoms with van der Waals surface area (Å²) >= 11 is 5.84. The van der Waals surface area contributed by atoms with Crippen molar-refractivity contribution in [1.82, 2.24) is 4.98 Å². The Morgan fingerprint density at radius 3 is 2.79 bits per heavy atom. The molecule has 0 bridgehead atoms. The van der Waals surface area contributed by atoms with Gasteiger partial charge in [0, 0.05) is 23.0 Å². The van der Waals surface area contributed by atoms with Crippen LogP contribution in [0, 0.1) is 5.82 Å². The predicted molar refractivity (Wildman–Crippen MR) is 99.4 cm³/mol. The maximum Gasteiger partial charge on any atom is 0.310 e. The quantitative estimate of drug-likeness (QED) is 0.795. The summed E-state index contributed by atoms with van der Waals surface area (Å²) in [5, 5.41) is 3.48. The molecule has 4 rings (SSSR count). The van der Waals surface area contributed by atoms with E-state index < -0.39 is 29.9 Å². The molecule has 1 atom stereocenters. The van der Waals surface area contributed by atoms with Gasteiger partial charge in [-0.3, -0.25) is 9.98 Å². The number of pyridine rings is 1. The Hall–Kier alpha value is -2.81. The molecule has 1 aromatic carbocycles. The Kier molecular flexibility index (Phi) is 4.22. The van der Waals surface area contributed by atoms with Crippen LogP contribution in [0.3, 0.4) is 0 Å². The zero-order chi connectivity index (χ0) is 20.1. The number of hydrogen-bond acceptors (Lipinski definition) is 6. The molecule has 0 aliphatic carbocycles. The van der Waals surface area contributed by atoms with Gasteiger partial charge >= 0.3 is 5.92 Å². The SMILES string of the molecule is C[C@]1(c2cc3c(cc2F)CN=C(c2ccc(Cl)cn2)N3)N=C(N)OCC1(F)F. The Morgan fingerprint density at radius 2 is 2.07 bits per heavy atom. The van der Waals surface area contributed by atoms with Gasteiger partial charge in [-0.15, -0.1) is 0 Å². The van der Waals surface area contributed by atoms with Crippen molar-refractivity contribution < 1.29 is 17.9 Å². The van der Waals surface area contributed by atoms with Gasteiger partial charge in [-0.2, -0.15) is 8.78 Å². The lowest BCUT2D eigenvalue weighted by Crippen LogP contribution is -2.51. The number of aliphatic imine (C=N–C) groups is 2. The maximum atomic E-state index is 14.8. The van der Waals surface area contributed by atoms with Crippen LogP contribution in [-0.4, -0.2) is 29.4 Å². The Bertz CT molecular complexity index is 1010. The van der Waals surface area contributed by atoms with Crippen molar-refractivity contribution in [1.29, 1.82) is 0 Å². The van der Waals surface area contributed by atoms with Crippen LogP contribution in [0.2, 0.25) is 5.02 Å². The third-order valence-corrected chi connectivity index (χ3v) is 5.02. The minimum atomic E-state index is -3.45. The van der Waals surface area contributed by atoms with Crippen molar-refractivity contribution in [3.05, 3.63) is 58.1 Å². The maximum absolute atomic E-state index is 14.8. The van der Waals surface area contributed by atoms with Gasteiger partial charge in [-0.1, -0.05) is 11.6 Å². The summed E-state index contributed by atoms with van der Waals surface area (Å²) in [6.07, 6.45) is 1.47. The highest BCUT2D eigenvalue weighted by molar-refractivity contribution is 6.30. The molecular formula is C18H15ClF3N5O. The van der Waals surface area contributed by atoms with Gasteiger partial charge in [-0.25, -0.2) is 9.38 Å². The highest BCUT2D eigenvalue weighted by atomic mass is 35.5. The molecule has 0 radical (unpaired) electrons. The van der Waals surface area contributed by atoms with Gasteiger partial charge < -0.3 is 15.8 Å². The summed E-state index contributed by atoms with van der Waals surface area (Å²) in [6.45, 7) is 0.316. The van der Waals surface area contributed by atoms with Crippen LogP contribution in [0.1, 0.15) is 23.7 Å². The van der Waals surface area contributed by atoms with E-state index in [0.717, 1.165) is 6.92 Å². The lowest BCUT2D eigenvalue weighted by Gasteiger charge is -2.38. The van der Waals surface area contributed by atoms with Crippen molar-refractivity contribution >= 4 is 29.1 Å². The van der Waals surface area contributed by atoms with Gasteiger partial charge in [0.2, 0.25) is 0 Å². The molecule has 3 heterocycles. The molecule has 2 aromatic rings. The third kappa shape index (κ3) is 2.95. The molecule has 6 nitrogen and oxygen atoms in total. The standard InChI is InChI=1S/C18H15ClF3N5O/c1-17(18(21,22)8-28-16(23)27-17)11-5-14-9(4-12(11)20)6-25-15(26-14)13-3-2-10(19)7-24-13/h2-5,7H,6,8H2,1H3,(H2,23,27)(H,25,26)/t17-/m1/s1. The molecule has 0 amide bonds. The molecule has 146 valence electrons. The Balaban J connectivity index is 1.76. The molecule has 10 heteroatoms. The smallest absolute Gasteiger partial charge is 0.310 e. The molecule has 2 aliphatic rings. The largest absolute Gasteiger partial charge is 0.459 e. The fourth-order valence-corrected chi connectivity index (χ4v) is 3.24. The summed E-state index contributed by atoms with van der Waals surface area (Å²) in [5.41, 5.74) is 4.47. The first-order chi connectivity index (χ1) is 13.2. The van der Waals surface area contributed by atoms with Crippen LogP contribution in [0.4, 0.5) is 18.9 Å². The van der Waals surface area contributed by atoms with Crippen molar-refractivity contribution in [2.24, 2.45) is 15.7 Å². The lowest BCUT2D eigenvalue weighted by molar-refractivity contribution is -0.117. The number of anilines is 1. The zero-order valence-electron chi connectivity index (χ0n) is 14.6. The number of benzene rings is 1. The third-order valence-electron chi connectivity index (χ3n) is 4.80. The van der Waals surface area contributed by atoms with Gasteiger partial charge in [0.25, 0.3) is 6.02 Å². The number of fused-ring (bicyclic) bond motifs is 1. The molecule has 0 fully saturated rings. The van der Waals surface area contributed by atoms with Crippen LogP contribution in [0.5, 0.6) is 0 Å². The summed E-state index contributed by atoms with van der Waals surface area (Å²) in [7, 11) is 0. The van der Waals surface area contributed by atoms with Crippen molar-refractivity contribution in [2.45, 2.75) is 24.9 Å². The molecule has 0 saturated carbocycles. The van der Waals surface area contributed by atoms with Crippen molar-refractivity contribution in [2.75, 3.05) is 11.9 Å². The van der Waals surface area contributed by atoms with E-state index in [-0.39, 0.29) is 12.1 Å². The second-order valence-corrected chi connectivity index (χ2v) is 7.09. The van der Waals surface area contributed by atoms with E-state index >= 15 is 0 Å². The second kappa shape index (κ2) is 6.37. The normalized spacial score (nSPS) is 23.0. The number of nitrogens with two attached hydrogens (primary N) is 1. The highest BCUT2D eigenvalue weighted by Crippen LogP contribution is 2.45. The molecule has 0 unspecified atom stereocenters. The van der Waals surface area contributed by atoms with E-state index in [4.69, 9.17) is 17.3 Å². The predicted octanol–water partition coefficient (Wildman–Crippen LogP) is 3.44. The number of alkyl halides is 2. The van der Waals surface area contributed by atoms with Gasteiger partial charge in [-0.05, 0) is 31.2 Å². The number of halogens is 4. The topological polar surface area (TPSA) is 84.9 Å². The fraction of sp³-hybridized carbons (Fsp3) is 0.278. The number of rotatable bonds is 2. The van der Waals surface area contributed by atoms with E-state index in [1.54, 1.807) is 12.1 Å². The monoisotopic (exact) mass is 409 g/mol. The number of amidine groups is 2. The van der Waals surface area contributed by atoms with Crippen LogP contribution >= 0.6 is 11.6 Å². The molecule has 28 heavy (non-hydrogen) atoms. The highest BCUT2D eigenvalue weighted by Gasteiger charge is 2.56. The molecule has 1 aromatic heterocycles. The second-order valence-electron chi connectivity index (χ2n) is 6.66. The summed E-state index contributed by atoms with van der Waals surface area (Å²) in [5.74, 6) is -3.84. The van der Waals surface area contributed by atoms with Gasteiger partial charge in [0.05, 0.1) is 11.6 Å². The Morgan fingerprint density at radius 1 is 1.29 bits per heavy atom. The zero-order valence-corrected chi connectivity index (χ0v) is 15.4. The van der Waals surface area contributed by atoms with Gasteiger partial charge in [0.15, 0.2) is 18.0 Å². The van der Waals surface area contributed by atoms with Crippen LogP contribution in [0.25, 0.3) is 0 Å². The van der Waals surface area contributed by atoms with E-state index in [1.807, 2.05) is 0 Å². The van der Waals surface area contributed by atoms with Crippen LogP contribution < -0.4 is 11.1 Å². The Labute approximate surface area is 163 Å². The van der Waals surface area contributed by atoms with Crippen molar-refractivity contribution in [3.8, 4) is 0 Å². The van der Waals surface area contributed by atoms with E-state index in [9.17, 15) is 13.2 Å². The van der Waals surface area contributed by atoms with E-state index in [1.165, 1.54) is 18.3 Å². The van der Waals surface area contributed by atoms with Crippen molar-refractivity contribution in [3.63, 3.8) is 0 Å². The van der Waals surface area contributed by atoms with Crippen LogP contribution in [-0.2, 0) is 16.8 Å². The van der Waals surface area contributed by atoms with E-state index in [0.29, 0.717) is 27.8 Å².